The molecule has 0 bridgehead atoms. The molecule has 5 nitrogen and oxygen atoms in total. The van der Waals surface area contributed by atoms with Crippen molar-refractivity contribution in [3.05, 3.63) is 59.1 Å². The molecule has 1 unspecified atom stereocenters. The van der Waals surface area contributed by atoms with Gasteiger partial charge >= 0.3 is 7.60 Å². The Morgan fingerprint density at radius 2 is 1.70 bits per heavy atom. The molecule has 1 atom stereocenters. The van der Waals surface area contributed by atoms with Crippen molar-refractivity contribution in [2.75, 3.05) is 0 Å². The van der Waals surface area contributed by atoms with Gasteiger partial charge in [0.2, 0.25) is 0 Å². The van der Waals surface area contributed by atoms with Gasteiger partial charge in [-0.05, 0) is 35.9 Å². The third-order valence-corrected chi connectivity index (χ3v) is 3.70. The molecule has 0 saturated heterocycles. The van der Waals surface area contributed by atoms with Crippen molar-refractivity contribution in [1.29, 1.82) is 0 Å². The van der Waals surface area contributed by atoms with Crippen LogP contribution in [0.5, 0.6) is 11.5 Å². The van der Waals surface area contributed by atoms with Gasteiger partial charge in [0.1, 0.15) is 11.5 Å². The van der Waals surface area contributed by atoms with Gasteiger partial charge in [-0.15, -0.1) is 0 Å². The molecule has 0 saturated carbocycles. The first-order chi connectivity index (χ1) is 9.36. The fourth-order valence-corrected chi connectivity index (χ4v) is 2.31. The van der Waals surface area contributed by atoms with Gasteiger partial charge in [0, 0.05) is 5.02 Å². The fourth-order valence-electron chi connectivity index (χ4n) is 1.57. The van der Waals surface area contributed by atoms with E-state index >= 15 is 0 Å². The summed E-state index contributed by atoms with van der Waals surface area (Å²) >= 11 is 5.83. The highest BCUT2D eigenvalue weighted by molar-refractivity contribution is 7.51. The first kappa shape index (κ1) is 15.0. The molecule has 0 amide bonds. The van der Waals surface area contributed by atoms with E-state index in [2.05, 4.69) is 0 Å². The molecule has 20 heavy (non-hydrogen) atoms. The van der Waals surface area contributed by atoms with Gasteiger partial charge in [-0.1, -0.05) is 29.8 Å². The van der Waals surface area contributed by atoms with Crippen molar-refractivity contribution < 1.29 is 24.2 Å². The van der Waals surface area contributed by atoms with Crippen LogP contribution >= 0.6 is 19.2 Å². The van der Waals surface area contributed by atoms with Crippen LogP contribution in [0.15, 0.2) is 48.5 Å². The smallest absolute Gasteiger partial charge is 0.358 e. The molecule has 0 fully saturated rings. The number of aliphatic hydroxyl groups is 1. The number of halogens is 1. The van der Waals surface area contributed by atoms with Crippen LogP contribution in [0.4, 0.5) is 0 Å². The highest BCUT2D eigenvalue weighted by Crippen LogP contribution is 2.49. The molecule has 2 aromatic carbocycles. The Bertz CT molecular complexity index is 637. The SMILES string of the molecule is O=P(O)(O)C(O)c1ccc(Oc2cccc(Cl)c2)cc1. The number of hydrogen-bond acceptors (Lipinski definition) is 3. The van der Waals surface area contributed by atoms with E-state index in [1.54, 1.807) is 24.3 Å². The van der Waals surface area contributed by atoms with Crippen molar-refractivity contribution in [2.24, 2.45) is 0 Å². The Hall–Kier alpha value is -1.36. The molecular weight excluding hydrogens is 303 g/mol. The molecule has 0 aromatic heterocycles. The Balaban J connectivity index is 2.15. The predicted octanol–water partition coefficient (Wildman–Crippen LogP) is 3.30. The molecule has 3 N–H and O–H groups in total. The Morgan fingerprint density at radius 3 is 2.25 bits per heavy atom. The van der Waals surface area contributed by atoms with E-state index in [9.17, 15) is 9.67 Å². The number of rotatable bonds is 4. The topological polar surface area (TPSA) is 87.0 Å². The van der Waals surface area contributed by atoms with Gasteiger partial charge in [0.25, 0.3) is 0 Å². The summed E-state index contributed by atoms with van der Waals surface area (Å²) in [6, 6.07) is 12.6. The van der Waals surface area contributed by atoms with Crippen molar-refractivity contribution >= 4 is 19.2 Å². The molecule has 0 heterocycles. The summed E-state index contributed by atoms with van der Waals surface area (Å²) in [5.74, 6) is -0.822. The highest BCUT2D eigenvalue weighted by atomic mass is 35.5. The minimum atomic E-state index is -4.57. The second-order valence-corrected chi connectivity index (χ2v) is 6.19. The predicted molar refractivity (Wildman–Crippen MR) is 75.0 cm³/mol. The molecule has 0 spiro atoms. The molecule has 2 rings (SSSR count). The normalized spacial score (nSPS) is 13.0. The fraction of sp³-hybridized carbons (Fsp3) is 0.0769. The van der Waals surface area contributed by atoms with Gasteiger partial charge < -0.3 is 19.6 Å². The lowest BCUT2D eigenvalue weighted by atomic mass is 10.2. The van der Waals surface area contributed by atoms with E-state index < -0.39 is 13.4 Å². The highest BCUT2D eigenvalue weighted by Gasteiger charge is 2.27. The van der Waals surface area contributed by atoms with E-state index in [4.69, 9.17) is 26.1 Å². The monoisotopic (exact) mass is 314 g/mol. The zero-order valence-electron chi connectivity index (χ0n) is 10.2. The summed E-state index contributed by atoms with van der Waals surface area (Å²) in [7, 11) is -4.57. The third-order valence-electron chi connectivity index (χ3n) is 2.53. The van der Waals surface area contributed by atoms with Gasteiger partial charge in [0.05, 0.1) is 0 Å². The van der Waals surface area contributed by atoms with E-state index in [1.165, 1.54) is 24.3 Å². The molecule has 2 aromatic rings. The van der Waals surface area contributed by atoms with E-state index in [0.717, 1.165) is 0 Å². The molecule has 0 aliphatic carbocycles. The van der Waals surface area contributed by atoms with Crippen LogP contribution in [0.1, 0.15) is 11.4 Å². The standard InChI is InChI=1S/C13H12ClO5P/c14-10-2-1-3-12(8-10)19-11-6-4-9(5-7-11)13(15)20(16,17)18/h1-8,13,15H,(H2,16,17,18). The first-order valence-electron chi connectivity index (χ1n) is 5.63. The quantitative estimate of drug-likeness (QED) is 0.754. The summed E-state index contributed by atoms with van der Waals surface area (Å²) in [6.07, 6.45) is 0. The number of aliphatic hydroxyl groups excluding tert-OH is 1. The zero-order chi connectivity index (χ0) is 14.8. The van der Waals surface area contributed by atoms with Gasteiger partial charge in [0.15, 0.2) is 5.85 Å². The van der Waals surface area contributed by atoms with Crippen molar-refractivity contribution in [2.45, 2.75) is 5.85 Å². The summed E-state index contributed by atoms with van der Waals surface area (Å²) in [4.78, 5) is 17.8. The lowest BCUT2D eigenvalue weighted by molar-refractivity contribution is 0.205. The summed E-state index contributed by atoms with van der Waals surface area (Å²) in [5.41, 5.74) is 0.122. The van der Waals surface area contributed by atoms with E-state index in [-0.39, 0.29) is 5.56 Å². The zero-order valence-corrected chi connectivity index (χ0v) is 11.8. The van der Waals surface area contributed by atoms with E-state index in [0.29, 0.717) is 16.5 Å². The lowest BCUT2D eigenvalue weighted by Crippen LogP contribution is -1.98. The third kappa shape index (κ3) is 3.82. The largest absolute Gasteiger partial charge is 0.457 e. The van der Waals surface area contributed by atoms with E-state index in [1.807, 2.05) is 0 Å². The molecule has 0 radical (unpaired) electrons. The number of ether oxygens (including phenoxy) is 1. The Kier molecular flexibility index (Phi) is 4.48. The van der Waals surface area contributed by atoms with Crippen molar-refractivity contribution in [3.63, 3.8) is 0 Å². The van der Waals surface area contributed by atoms with Gasteiger partial charge in [-0.2, -0.15) is 0 Å². The summed E-state index contributed by atoms with van der Waals surface area (Å²) in [5, 5.41) is 9.99. The van der Waals surface area contributed by atoms with Gasteiger partial charge in [-0.3, -0.25) is 4.57 Å². The van der Waals surface area contributed by atoms with Crippen LogP contribution in [0.25, 0.3) is 0 Å². The maximum absolute atomic E-state index is 10.9. The Morgan fingerprint density at radius 1 is 1.05 bits per heavy atom. The van der Waals surface area contributed by atoms with Crippen molar-refractivity contribution in [3.8, 4) is 11.5 Å². The van der Waals surface area contributed by atoms with Crippen molar-refractivity contribution in [1.82, 2.24) is 0 Å². The van der Waals surface area contributed by atoms with Crippen LogP contribution in [-0.2, 0) is 4.57 Å². The Labute approximate surface area is 120 Å². The minimum Gasteiger partial charge on any atom is -0.457 e. The molecule has 7 heteroatoms. The van der Waals surface area contributed by atoms with Crippen LogP contribution in [0, 0.1) is 0 Å². The molecule has 0 aliphatic rings. The molecule has 106 valence electrons. The molecule has 0 aliphatic heterocycles. The van der Waals surface area contributed by atoms with Gasteiger partial charge in [-0.25, -0.2) is 0 Å². The molecular formula is C13H12ClO5P. The summed E-state index contributed by atoms with van der Waals surface area (Å²) in [6.45, 7) is 0. The number of hydrogen-bond donors (Lipinski definition) is 3. The maximum Gasteiger partial charge on any atom is 0.358 e. The second kappa shape index (κ2) is 5.95. The van der Waals surface area contributed by atoms with Crippen LogP contribution in [-0.4, -0.2) is 14.9 Å². The average molecular weight is 315 g/mol. The van der Waals surface area contributed by atoms with Crippen LogP contribution in [0.3, 0.4) is 0 Å². The number of benzene rings is 2. The van der Waals surface area contributed by atoms with Crippen LogP contribution in [0.2, 0.25) is 5.02 Å². The minimum absolute atomic E-state index is 0.122. The lowest BCUT2D eigenvalue weighted by Gasteiger charge is -2.13. The second-order valence-electron chi connectivity index (χ2n) is 4.09. The maximum atomic E-state index is 10.9. The van der Waals surface area contributed by atoms with Crippen LogP contribution < -0.4 is 4.74 Å². The summed E-state index contributed by atoms with van der Waals surface area (Å²) < 4.78 is 16.5. The first-order valence-corrected chi connectivity index (χ1v) is 7.69. The average Bonchev–Trinajstić information content (AvgIpc) is 2.38.